The molecule has 2 heterocycles. The quantitative estimate of drug-likeness (QED) is 0.743. The van der Waals surface area contributed by atoms with Crippen molar-refractivity contribution in [1.29, 1.82) is 0 Å². The number of nitrogens with one attached hydrogen (secondary N) is 1. The Kier molecular flexibility index (Phi) is 4.97. The Morgan fingerprint density at radius 3 is 2.73 bits per heavy atom. The highest BCUT2D eigenvalue weighted by atomic mass is 16.3. The van der Waals surface area contributed by atoms with Gasteiger partial charge in [0.1, 0.15) is 11.4 Å². The fourth-order valence-electron chi connectivity index (χ4n) is 4.40. The zero-order valence-electron chi connectivity index (χ0n) is 17.1. The first-order chi connectivity index (χ1) is 14.3. The standard InChI is InChI=1S/C23H25N3O4/c1-15-9-10-17(19(27)14-15)24-20(28)8-5-13-25-22(30)16-6-3-4-7-18(16)26-21(29)11-12-23(25,26)2/h3-4,6-7,9-10,14,27H,5,8,11-13H2,1-2H3,(H,24,28)/t23-/m0/s1. The third-order valence-corrected chi connectivity index (χ3v) is 5.96. The second kappa shape index (κ2) is 7.48. The lowest BCUT2D eigenvalue weighted by atomic mass is 9.98. The number of aromatic hydroxyl groups is 1. The number of amides is 3. The lowest BCUT2D eigenvalue weighted by molar-refractivity contribution is -0.118. The third kappa shape index (κ3) is 3.30. The molecule has 0 saturated carbocycles. The molecule has 156 valence electrons. The van der Waals surface area contributed by atoms with Crippen molar-refractivity contribution < 1.29 is 19.5 Å². The van der Waals surface area contributed by atoms with Crippen LogP contribution in [0.15, 0.2) is 42.5 Å². The maximum absolute atomic E-state index is 13.2. The molecule has 3 amide bonds. The summed E-state index contributed by atoms with van der Waals surface area (Å²) in [7, 11) is 0. The number of rotatable bonds is 5. The van der Waals surface area contributed by atoms with Gasteiger partial charge in [-0.3, -0.25) is 19.3 Å². The van der Waals surface area contributed by atoms with Crippen molar-refractivity contribution in [1.82, 2.24) is 4.90 Å². The number of anilines is 2. The first kappa shape index (κ1) is 19.9. The van der Waals surface area contributed by atoms with Crippen molar-refractivity contribution in [2.75, 3.05) is 16.8 Å². The molecule has 4 rings (SSSR count). The van der Waals surface area contributed by atoms with E-state index in [1.54, 1.807) is 34.1 Å². The number of nitrogens with zero attached hydrogens (tertiary/aromatic N) is 2. The number of phenols is 1. The van der Waals surface area contributed by atoms with Gasteiger partial charge in [-0.05, 0) is 56.5 Å². The van der Waals surface area contributed by atoms with Crippen molar-refractivity contribution in [3.63, 3.8) is 0 Å². The Balaban J connectivity index is 1.46. The van der Waals surface area contributed by atoms with Gasteiger partial charge in [0.2, 0.25) is 11.8 Å². The van der Waals surface area contributed by atoms with Crippen LogP contribution in [-0.4, -0.2) is 39.9 Å². The highest BCUT2D eigenvalue weighted by Gasteiger charge is 2.52. The highest BCUT2D eigenvalue weighted by Crippen LogP contribution is 2.44. The first-order valence-corrected chi connectivity index (χ1v) is 10.1. The number of fused-ring (bicyclic) bond motifs is 3. The van der Waals surface area contributed by atoms with Gasteiger partial charge >= 0.3 is 0 Å². The Labute approximate surface area is 175 Å². The van der Waals surface area contributed by atoms with Gasteiger partial charge in [0.05, 0.1) is 16.9 Å². The molecule has 0 spiro atoms. The first-order valence-electron chi connectivity index (χ1n) is 10.1. The van der Waals surface area contributed by atoms with Gasteiger partial charge in [0.25, 0.3) is 5.91 Å². The minimum atomic E-state index is -0.714. The molecule has 2 N–H and O–H groups in total. The van der Waals surface area contributed by atoms with E-state index in [4.69, 9.17) is 0 Å². The van der Waals surface area contributed by atoms with Crippen LogP contribution in [0.1, 0.15) is 48.5 Å². The molecule has 1 saturated heterocycles. The third-order valence-electron chi connectivity index (χ3n) is 5.96. The number of carbonyl (C=O) groups is 3. The van der Waals surface area contributed by atoms with Crippen LogP contribution in [0.25, 0.3) is 0 Å². The predicted molar refractivity (Wildman–Crippen MR) is 113 cm³/mol. The summed E-state index contributed by atoms with van der Waals surface area (Å²) in [4.78, 5) is 41.5. The molecule has 0 radical (unpaired) electrons. The molecule has 7 heteroatoms. The van der Waals surface area contributed by atoms with Gasteiger partial charge in [-0.25, -0.2) is 0 Å². The van der Waals surface area contributed by atoms with Crippen LogP contribution in [0.3, 0.4) is 0 Å². The zero-order chi connectivity index (χ0) is 21.5. The van der Waals surface area contributed by atoms with Crippen molar-refractivity contribution in [2.45, 2.75) is 45.2 Å². The van der Waals surface area contributed by atoms with E-state index in [0.29, 0.717) is 42.7 Å². The van der Waals surface area contributed by atoms with Crippen molar-refractivity contribution in [3.05, 3.63) is 53.6 Å². The minimum Gasteiger partial charge on any atom is -0.506 e. The van der Waals surface area contributed by atoms with Crippen LogP contribution in [-0.2, 0) is 9.59 Å². The van der Waals surface area contributed by atoms with Gasteiger partial charge in [0, 0.05) is 19.4 Å². The molecule has 1 fully saturated rings. The zero-order valence-corrected chi connectivity index (χ0v) is 17.1. The van der Waals surface area contributed by atoms with Crippen molar-refractivity contribution in [3.8, 4) is 5.75 Å². The largest absolute Gasteiger partial charge is 0.506 e. The Morgan fingerprint density at radius 1 is 1.20 bits per heavy atom. The summed E-state index contributed by atoms with van der Waals surface area (Å²) in [5, 5.41) is 12.7. The van der Waals surface area contributed by atoms with Gasteiger partial charge < -0.3 is 15.3 Å². The van der Waals surface area contributed by atoms with Crippen molar-refractivity contribution in [2.24, 2.45) is 0 Å². The van der Waals surface area contributed by atoms with E-state index in [0.717, 1.165) is 5.56 Å². The smallest absolute Gasteiger partial charge is 0.257 e. The number of hydrogen-bond donors (Lipinski definition) is 2. The molecule has 0 aliphatic carbocycles. The maximum atomic E-state index is 13.2. The van der Waals surface area contributed by atoms with Gasteiger partial charge in [-0.1, -0.05) is 18.2 Å². The number of hydrogen-bond acceptors (Lipinski definition) is 4. The fourth-order valence-corrected chi connectivity index (χ4v) is 4.40. The van der Waals surface area contributed by atoms with Crippen LogP contribution in [0.5, 0.6) is 5.75 Å². The average Bonchev–Trinajstić information content (AvgIpc) is 3.02. The van der Waals surface area contributed by atoms with Crippen LogP contribution in [0.4, 0.5) is 11.4 Å². The van der Waals surface area contributed by atoms with E-state index < -0.39 is 5.66 Å². The molecule has 2 aromatic carbocycles. The lowest BCUT2D eigenvalue weighted by Gasteiger charge is -2.48. The van der Waals surface area contributed by atoms with E-state index in [2.05, 4.69) is 5.32 Å². The van der Waals surface area contributed by atoms with E-state index >= 15 is 0 Å². The van der Waals surface area contributed by atoms with E-state index in [1.165, 1.54) is 0 Å². The van der Waals surface area contributed by atoms with E-state index in [1.807, 2.05) is 32.0 Å². The van der Waals surface area contributed by atoms with E-state index in [-0.39, 0.29) is 29.9 Å². The number of phenolic OH excluding ortho intramolecular Hbond substituents is 1. The van der Waals surface area contributed by atoms with Crippen molar-refractivity contribution >= 4 is 29.1 Å². The second-order valence-electron chi connectivity index (χ2n) is 8.09. The number of para-hydroxylation sites is 1. The van der Waals surface area contributed by atoms with Crippen LogP contribution >= 0.6 is 0 Å². The monoisotopic (exact) mass is 407 g/mol. The summed E-state index contributed by atoms with van der Waals surface area (Å²) < 4.78 is 0. The topological polar surface area (TPSA) is 90.0 Å². The molecule has 0 aromatic heterocycles. The predicted octanol–water partition coefficient (Wildman–Crippen LogP) is 3.42. The molecule has 0 unspecified atom stereocenters. The lowest BCUT2D eigenvalue weighted by Crippen LogP contribution is -2.62. The molecular weight excluding hydrogens is 382 g/mol. The average molecular weight is 407 g/mol. The number of carbonyl (C=O) groups excluding carboxylic acids is 3. The maximum Gasteiger partial charge on any atom is 0.257 e. The summed E-state index contributed by atoms with van der Waals surface area (Å²) in [5.41, 5.74) is 1.73. The highest BCUT2D eigenvalue weighted by molar-refractivity contribution is 6.10. The Bertz CT molecular complexity index is 1030. The van der Waals surface area contributed by atoms with Gasteiger partial charge in [-0.2, -0.15) is 0 Å². The SMILES string of the molecule is Cc1ccc(NC(=O)CCCN2C(=O)c3ccccc3N3C(=O)CC[C@@]23C)c(O)c1. The molecule has 2 aromatic rings. The fraction of sp³-hybridized carbons (Fsp3) is 0.348. The number of aryl methyl sites for hydroxylation is 1. The summed E-state index contributed by atoms with van der Waals surface area (Å²) in [6, 6.07) is 12.2. The molecule has 1 atom stereocenters. The molecule has 0 bridgehead atoms. The molecule has 7 nitrogen and oxygen atoms in total. The van der Waals surface area contributed by atoms with Crippen LogP contribution in [0, 0.1) is 6.92 Å². The summed E-state index contributed by atoms with van der Waals surface area (Å²) in [6.07, 6.45) is 1.60. The molecule has 2 aliphatic rings. The van der Waals surface area contributed by atoms with Gasteiger partial charge in [-0.15, -0.1) is 0 Å². The van der Waals surface area contributed by atoms with Crippen LogP contribution in [0.2, 0.25) is 0 Å². The number of benzene rings is 2. The van der Waals surface area contributed by atoms with Crippen LogP contribution < -0.4 is 10.2 Å². The van der Waals surface area contributed by atoms with E-state index in [9.17, 15) is 19.5 Å². The minimum absolute atomic E-state index is 0.00930. The summed E-state index contributed by atoms with van der Waals surface area (Å²) in [5.74, 6) is -0.312. The molecular formula is C23H25N3O4. The summed E-state index contributed by atoms with van der Waals surface area (Å²) in [6.45, 7) is 4.13. The Morgan fingerprint density at radius 2 is 1.97 bits per heavy atom. The molecule has 30 heavy (non-hydrogen) atoms. The summed E-state index contributed by atoms with van der Waals surface area (Å²) >= 11 is 0. The molecule has 2 aliphatic heterocycles. The second-order valence-corrected chi connectivity index (χ2v) is 8.09. The Hall–Kier alpha value is -3.35. The van der Waals surface area contributed by atoms with Gasteiger partial charge in [0.15, 0.2) is 0 Å². The normalized spacial score (nSPS) is 20.2.